The molecular formula is C20H20N4O4S. The molecule has 0 bridgehead atoms. The SMILES string of the molecule is O=C(NCCn1nc(-c2ccco2)ccc1=O)c1ccc(O[C@@H]2CCSC2)nc1. The Labute approximate surface area is 171 Å². The minimum Gasteiger partial charge on any atom is -0.473 e. The number of thioether (sulfide) groups is 1. The number of aromatic nitrogens is 3. The summed E-state index contributed by atoms with van der Waals surface area (Å²) in [5.41, 5.74) is 0.743. The van der Waals surface area contributed by atoms with Gasteiger partial charge in [-0.05, 0) is 36.4 Å². The molecule has 0 aliphatic carbocycles. The van der Waals surface area contributed by atoms with E-state index in [-0.39, 0.29) is 30.7 Å². The molecule has 1 saturated heterocycles. The molecule has 3 aromatic rings. The van der Waals surface area contributed by atoms with Crippen molar-refractivity contribution >= 4 is 17.7 Å². The number of amides is 1. The fourth-order valence-corrected chi connectivity index (χ4v) is 4.00. The first-order valence-electron chi connectivity index (χ1n) is 9.30. The van der Waals surface area contributed by atoms with Gasteiger partial charge in [0.2, 0.25) is 5.88 Å². The van der Waals surface area contributed by atoms with Crippen LogP contribution in [0.15, 0.2) is 58.1 Å². The predicted octanol–water partition coefficient (Wildman–Crippen LogP) is 2.21. The molecule has 0 unspecified atom stereocenters. The van der Waals surface area contributed by atoms with E-state index in [2.05, 4.69) is 15.4 Å². The number of hydrogen-bond acceptors (Lipinski definition) is 7. The smallest absolute Gasteiger partial charge is 0.266 e. The normalized spacial score (nSPS) is 15.9. The lowest BCUT2D eigenvalue weighted by Crippen LogP contribution is -2.32. The summed E-state index contributed by atoms with van der Waals surface area (Å²) in [5.74, 6) is 2.91. The van der Waals surface area contributed by atoms with E-state index in [1.54, 1.807) is 36.6 Å². The molecule has 9 heteroatoms. The first-order valence-corrected chi connectivity index (χ1v) is 10.5. The van der Waals surface area contributed by atoms with Crippen molar-refractivity contribution in [3.63, 3.8) is 0 Å². The monoisotopic (exact) mass is 412 g/mol. The Morgan fingerprint density at radius 1 is 1.31 bits per heavy atom. The van der Waals surface area contributed by atoms with Crippen molar-refractivity contribution in [3.05, 3.63) is 64.8 Å². The molecule has 1 N–H and O–H groups in total. The molecule has 4 heterocycles. The van der Waals surface area contributed by atoms with Crippen molar-refractivity contribution in [2.24, 2.45) is 0 Å². The van der Waals surface area contributed by atoms with E-state index in [9.17, 15) is 9.59 Å². The topological polar surface area (TPSA) is 99.2 Å². The maximum absolute atomic E-state index is 12.3. The van der Waals surface area contributed by atoms with Crippen LogP contribution in [-0.4, -0.2) is 44.8 Å². The van der Waals surface area contributed by atoms with Crippen LogP contribution >= 0.6 is 11.8 Å². The molecular weight excluding hydrogens is 392 g/mol. The second-order valence-corrected chi connectivity index (χ2v) is 7.65. The van der Waals surface area contributed by atoms with Gasteiger partial charge in [-0.25, -0.2) is 9.67 Å². The highest BCUT2D eigenvalue weighted by atomic mass is 32.2. The number of carbonyl (C=O) groups is 1. The third-order valence-electron chi connectivity index (χ3n) is 4.42. The second kappa shape index (κ2) is 8.95. The molecule has 0 saturated carbocycles. The Kier molecular flexibility index (Phi) is 5.95. The van der Waals surface area contributed by atoms with E-state index in [0.717, 1.165) is 17.9 Å². The average Bonchev–Trinajstić information content (AvgIpc) is 3.44. The second-order valence-electron chi connectivity index (χ2n) is 6.50. The number of pyridine rings is 1. The molecule has 8 nitrogen and oxygen atoms in total. The molecule has 1 aliphatic heterocycles. The summed E-state index contributed by atoms with van der Waals surface area (Å²) in [6.07, 6.45) is 4.25. The molecule has 0 radical (unpaired) electrons. The zero-order valence-electron chi connectivity index (χ0n) is 15.6. The first kappa shape index (κ1) is 19.3. The molecule has 1 fully saturated rings. The van der Waals surface area contributed by atoms with Crippen molar-refractivity contribution in [1.82, 2.24) is 20.1 Å². The molecule has 0 aromatic carbocycles. The van der Waals surface area contributed by atoms with Gasteiger partial charge in [0.25, 0.3) is 11.5 Å². The molecule has 3 aromatic heterocycles. The summed E-state index contributed by atoms with van der Waals surface area (Å²) in [6.45, 7) is 0.498. The zero-order valence-corrected chi connectivity index (χ0v) is 16.4. The van der Waals surface area contributed by atoms with Crippen LogP contribution in [0.1, 0.15) is 16.8 Å². The van der Waals surface area contributed by atoms with Crippen molar-refractivity contribution in [1.29, 1.82) is 0 Å². The van der Waals surface area contributed by atoms with Crippen LogP contribution in [0, 0.1) is 0 Å². The fraction of sp³-hybridized carbons (Fsp3) is 0.300. The van der Waals surface area contributed by atoms with Gasteiger partial charge in [-0.2, -0.15) is 16.9 Å². The lowest BCUT2D eigenvalue weighted by Gasteiger charge is -2.11. The zero-order chi connectivity index (χ0) is 20.1. The minimum atomic E-state index is -0.268. The quantitative estimate of drug-likeness (QED) is 0.635. The predicted molar refractivity (Wildman–Crippen MR) is 109 cm³/mol. The molecule has 29 heavy (non-hydrogen) atoms. The van der Waals surface area contributed by atoms with Crippen LogP contribution in [0.4, 0.5) is 0 Å². The van der Waals surface area contributed by atoms with Crippen LogP contribution in [0.2, 0.25) is 0 Å². The van der Waals surface area contributed by atoms with Gasteiger partial charge in [0.05, 0.1) is 18.4 Å². The maximum atomic E-state index is 12.3. The van der Waals surface area contributed by atoms with Crippen LogP contribution < -0.4 is 15.6 Å². The Morgan fingerprint density at radius 3 is 2.97 bits per heavy atom. The van der Waals surface area contributed by atoms with Gasteiger partial charge in [-0.15, -0.1) is 0 Å². The summed E-state index contributed by atoms with van der Waals surface area (Å²) in [5, 5.41) is 7.05. The number of nitrogens with zero attached hydrogens (tertiary/aromatic N) is 3. The summed E-state index contributed by atoms with van der Waals surface area (Å²) < 4.78 is 12.4. The third-order valence-corrected chi connectivity index (χ3v) is 5.56. The maximum Gasteiger partial charge on any atom is 0.266 e. The number of furan rings is 1. The fourth-order valence-electron chi connectivity index (χ4n) is 2.90. The van der Waals surface area contributed by atoms with Crippen LogP contribution in [-0.2, 0) is 6.54 Å². The summed E-state index contributed by atoms with van der Waals surface area (Å²) in [6, 6.07) is 9.95. The van der Waals surface area contributed by atoms with Gasteiger partial charge in [0.1, 0.15) is 11.8 Å². The van der Waals surface area contributed by atoms with E-state index in [4.69, 9.17) is 9.15 Å². The standard InChI is InChI=1S/C20H20N4O4S/c25-19-6-4-16(17-2-1-10-27-17)23-24(19)9-8-21-20(26)14-3-5-18(22-12-14)28-15-7-11-29-13-15/h1-6,10,12,15H,7-9,11,13H2,(H,21,26)/t15-/m1/s1. The largest absolute Gasteiger partial charge is 0.473 e. The summed E-state index contributed by atoms with van der Waals surface area (Å²) in [7, 11) is 0. The number of nitrogens with one attached hydrogen (secondary N) is 1. The number of ether oxygens (including phenoxy) is 1. The Bertz CT molecular complexity index is 1010. The van der Waals surface area contributed by atoms with E-state index in [1.807, 2.05) is 11.8 Å². The van der Waals surface area contributed by atoms with Gasteiger partial charge in [-0.1, -0.05) is 0 Å². The molecule has 1 atom stereocenters. The Morgan fingerprint density at radius 2 is 2.24 bits per heavy atom. The minimum absolute atomic E-state index is 0.190. The highest BCUT2D eigenvalue weighted by Gasteiger charge is 2.17. The number of hydrogen-bond donors (Lipinski definition) is 1. The highest BCUT2D eigenvalue weighted by Crippen LogP contribution is 2.22. The van der Waals surface area contributed by atoms with E-state index in [1.165, 1.54) is 16.9 Å². The van der Waals surface area contributed by atoms with Crippen molar-refractivity contribution in [2.75, 3.05) is 18.1 Å². The first-order chi connectivity index (χ1) is 14.2. The molecule has 150 valence electrons. The third kappa shape index (κ3) is 4.86. The lowest BCUT2D eigenvalue weighted by molar-refractivity contribution is 0.0951. The molecule has 1 amide bonds. The molecule has 4 rings (SSSR count). The highest BCUT2D eigenvalue weighted by molar-refractivity contribution is 7.99. The van der Waals surface area contributed by atoms with Crippen molar-refractivity contribution < 1.29 is 13.9 Å². The van der Waals surface area contributed by atoms with E-state index in [0.29, 0.717) is 22.9 Å². The average molecular weight is 412 g/mol. The van der Waals surface area contributed by atoms with Crippen molar-refractivity contribution in [2.45, 2.75) is 19.1 Å². The summed E-state index contributed by atoms with van der Waals surface area (Å²) in [4.78, 5) is 28.5. The Hall–Kier alpha value is -3.07. The van der Waals surface area contributed by atoms with E-state index >= 15 is 0 Å². The molecule has 0 spiro atoms. The van der Waals surface area contributed by atoms with Crippen LogP contribution in [0.5, 0.6) is 5.88 Å². The van der Waals surface area contributed by atoms with Crippen molar-refractivity contribution in [3.8, 4) is 17.3 Å². The number of carbonyl (C=O) groups excluding carboxylic acids is 1. The van der Waals surface area contributed by atoms with Gasteiger partial charge in [0.15, 0.2) is 5.76 Å². The van der Waals surface area contributed by atoms with E-state index < -0.39 is 0 Å². The number of rotatable bonds is 7. The molecule has 1 aliphatic rings. The van der Waals surface area contributed by atoms with Gasteiger partial charge < -0.3 is 14.5 Å². The van der Waals surface area contributed by atoms with Crippen LogP contribution in [0.3, 0.4) is 0 Å². The summed E-state index contributed by atoms with van der Waals surface area (Å²) >= 11 is 1.87. The van der Waals surface area contributed by atoms with Crippen LogP contribution in [0.25, 0.3) is 11.5 Å². The van der Waals surface area contributed by atoms with Gasteiger partial charge >= 0.3 is 0 Å². The van der Waals surface area contributed by atoms with Gasteiger partial charge in [0, 0.05) is 30.6 Å². The Balaban J connectivity index is 1.32. The van der Waals surface area contributed by atoms with Gasteiger partial charge in [-0.3, -0.25) is 9.59 Å². The lowest BCUT2D eigenvalue weighted by atomic mass is 10.2.